The molecule has 0 unspecified atom stereocenters. The Morgan fingerprint density at radius 3 is 1.00 bits per heavy atom. The van der Waals surface area contributed by atoms with Crippen molar-refractivity contribution in [2.24, 2.45) is 0 Å². The predicted octanol–water partition coefficient (Wildman–Crippen LogP) is 4.58. The van der Waals surface area contributed by atoms with Crippen molar-refractivity contribution < 1.29 is 46.0 Å². The molecule has 0 radical (unpaired) electrons. The van der Waals surface area contributed by atoms with Gasteiger partial charge in [-0.25, -0.2) is 0 Å². The summed E-state index contributed by atoms with van der Waals surface area (Å²) < 4.78 is 76.4. The summed E-state index contributed by atoms with van der Waals surface area (Å²) in [6, 6.07) is 8.57. The molecule has 0 spiro atoms. The molecule has 0 aliphatic heterocycles. The number of aromatic hydroxyl groups is 2. The number of ether oxygens (including phenoxy) is 2. The molecule has 0 aliphatic rings. The minimum atomic E-state index is -4.68. The molecule has 132 valence electrons. The maximum absolute atomic E-state index is 11.6. The van der Waals surface area contributed by atoms with Crippen molar-refractivity contribution in [3.8, 4) is 23.0 Å². The largest absolute Gasteiger partial charge is 0.573 e. The predicted molar refractivity (Wildman–Crippen MR) is 69.6 cm³/mol. The molecule has 0 saturated heterocycles. The van der Waals surface area contributed by atoms with Gasteiger partial charge in [0.2, 0.25) is 0 Å². The number of hydrogen-bond donors (Lipinski definition) is 2. The van der Waals surface area contributed by atoms with Gasteiger partial charge in [-0.3, -0.25) is 0 Å². The highest BCUT2D eigenvalue weighted by Crippen LogP contribution is 2.24. The minimum absolute atomic E-state index is 0.107. The Morgan fingerprint density at radius 2 is 0.792 bits per heavy atom. The molecule has 10 heteroatoms. The van der Waals surface area contributed by atoms with Gasteiger partial charge in [-0.15, -0.1) is 26.3 Å². The molecule has 2 N–H and O–H groups in total. The zero-order valence-electron chi connectivity index (χ0n) is 11.6. The fraction of sp³-hybridized carbons (Fsp3) is 0.143. The molecule has 0 amide bonds. The quantitative estimate of drug-likeness (QED) is 0.774. The van der Waals surface area contributed by atoms with E-state index >= 15 is 0 Å². The summed E-state index contributed by atoms with van der Waals surface area (Å²) >= 11 is 0. The van der Waals surface area contributed by atoms with Crippen LogP contribution in [0.4, 0.5) is 26.3 Å². The zero-order chi connectivity index (χ0) is 18.4. The molecule has 2 aromatic carbocycles. The van der Waals surface area contributed by atoms with Gasteiger partial charge in [0.15, 0.2) is 0 Å². The van der Waals surface area contributed by atoms with Crippen LogP contribution in [-0.2, 0) is 0 Å². The van der Waals surface area contributed by atoms with Crippen molar-refractivity contribution >= 4 is 0 Å². The van der Waals surface area contributed by atoms with Gasteiger partial charge in [0, 0.05) is 0 Å². The monoisotopic (exact) mass is 356 g/mol. The number of rotatable bonds is 2. The molecule has 0 fully saturated rings. The Bertz CT molecular complexity index is 562. The first kappa shape index (κ1) is 19.3. The summed E-state index contributed by atoms with van der Waals surface area (Å²) in [6.07, 6.45) is -9.37. The van der Waals surface area contributed by atoms with Gasteiger partial charge in [0.05, 0.1) is 0 Å². The van der Waals surface area contributed by atoms with Gasteiger partial charge in [-0.2, -0.15) is 0 Å². The normalized spacial score (nSPS) is 11.2. The number of hydrogen-bond acceptors (Lipinski definition) is 4. The van der Waals surface area contributed by atoms with Gasteiger partial charge in [-0.05, 0) is 48.5 Å². The van der Waals surface area contributed by atoms with E-state index in [4.69, 9.17) is 10.2 Å². The van der Waals surface area contributed by atoms with E-state index in [0.717, 1.165) is 48.5 Å². The lowest BCUT2D eigenvalue weighted by atomic mass is 10.3. The van der Waals surface area contributed by atoms with Crippen molar-refractivity contribution in [3.05, 3.63) is 48.5 Å². The molecule has 4 nitrogen and oxygen atoms in total. The minimum Gasteiger partial charge on any atom is -0.508 e. The van der Waals surface area contributed by atoms with E-state index in [9.17, 15) is 26.3 Å². The van der Waals surface area contributed by atoms with Crippen LogP contribution in [0.1, 0.15) is 0 Å². The number of halogens is 6. The van der Waals surface area contributed by atoms with Gasteiger partial charge < -0.3 is 19.7 Å². The lowest BCUT2D eigenvalue weighted by Gasteiger charge is -2.07. The van der Waals surface area contributed by atoms with Crippen molar-refractivity contribution in [2.45, 2.75) is 12.7 Å². The van der Waals surface area contributed by atoms with Gasteiger partial charge >= 0.3 is 12.7 Å². The maximum Gasteiger partial charge on any atom is 0.573 e. The van der Waals surface area contributed by atoms with Gasteiger partial charge in [0.25, 0.3) is 0 Å². The average Bonchev–Trinajstić information content (AvgIpc) is 2.42. The van der Waals surface area contributed by atoms with Crippen LogP contribution in [-0.4, -0.2) is 22.9 Å². The zero-order valence-corrected chi connectivity index (χ0v) is 11.6. The van der Waals surface area contributed by atoms with Crippen LogP contribution >= 0.6 is 0 Å². The van der Waals surface area contributed by atoms with Gasteiger partial charge in [-0.1, -0.05) is 0 Å². The van der Waals surface area contributed by atoms with E-state index in [-0.39, 0.29) is 23.0 Å². The van der Waals surface area contributed by atoms with Crippen molar-refractivity contribution in [1.29, 1.82) is 0 Å². The molecular formula is C14H10F6O4. The standard InChI is InChI=1S/2C7H5F3O2/c2*8-7(9,10)12-6-3-1-5(11)2-4-6/h2*1-4,11H. The number of alkyl halides is 6. The second-order valence-electron chi connectivity index (χ2n) is 4.08. The first-order valence-corrected chi connectivity index (χ1v) is 6.04. The second-order valence-corrected chi connectivity index (χ2v) is 4.08. The fourth-order valence-corrected chi connectivity index (χ4v) is 1.30. The van der Waals surface area contributed by atoms with E-state index < -0.39 is 12.7 Å². The van der Waals surface area contributed by atoms with Crippen molar-refractivity contribution in [2.75, 3.05) is 0 Å². The Balaban J connectivity index is 0.000000240. The molecule has 2 aromatic rings. The lowest BCUT2D eigenvalue weighted by molar-refractivity contribution is -0.275. The summed E-state index contributed by atoms with van der Waals surface area (Å²) in [5.41, 5.74) is 0. The lowest BCUT2D eigenvalue weighted by Crippen LogP contribution is -2.16. The molecular weight excluding hydrogens is 346 g/mol. The number of benzene rings is 2. The Hall–Kier alpha value is -2.78. The van der Waals surface area contributed by atoms with Gasteiger partial charge in [0.1, 0.15) is 23.0 Å². The fourth-order valence-electron chi connectivity index (χ4n) is 1.30. The molecule has 0 atom stereocenters. The number of phenols is 2. The second kappa shape index (κ2) is 7.66. The highest BCUT2D eigenvalue weighted by atomic mass is 19.4. The van der Waals surface area contributed by atoms with E-state index in [2.05, 4.69) is 9.47 Å². The van der Waals surface area contributed by atoms with Crippen molar-refractivity contribution in [3.63, 3.8) is 0 Å². The molecule has 0 aromatic heterocycles. The summed E-state index contributed by atoms with van der Waals surface area (Å²) in [7, 11) is 0. The molecule has 0 bridgehead atoms. The summed E-state index contributed by atoms with van der Waals surface area (Å²) in [5, 5.41) is 17.4. The smallest absolute Gasteiger partial charge is 0.508 e. The van der Waals surface area contributed by atoms with Crippen LogP contribution in [0.5, 0.6) is 23.0 Å². The third-order valence-corrected chi connectivity index (χ3v) is 2.14. The van der Waals surface area contributed by atoms with Crippen molar-refractivity contribution in [1.82, 2.24) is 0 Å². The third kappa shape index (κ3) is 8.61. The Morgan fingerprint density at radius 1 is 0.542 bits per heavy atom. The van der Waals surface area contributed by atoms with Crippen LogP contribution in [0.25, 0.3) is 0 Å². The Labute approximate surface area is 131 Å². The molecule has 24 heavy (non-hydrogen) atoms. The number of phenolic OH excluding ortho intramolecular Hbond substituents is 2. The first-order chi connectivity index (χ1) is 10.9. The highest BCUT2D eigenvalue weighted by molar-refractivity contribution is 5.30. The molecule has 2 rings (SSSR count). The van der Waals surface area contributed by atoms with Crippen LogP contribution in [0.2, 0.25) is 0 Å². The van der Waals surface area contributed by atoms with E-state index in [0.29, 0.717) is 0 Å². The summed E-state index contributed by atoms with van der Waals surface area (Å²) in [5.74, 6) is -0.908. The van der Waals surface area contributed by atoms with Crippen LogP contribution in [0.15, 0.2) is 48.5 Å². The molecule has 0 aliphatic carbocycles. The summed E-state index contributed by atoms with van der Waals surface area (Å²) in [6.45, 7) is 0. The highest BCUT2D eigenvalue weighted by Gasteiger charge is 2.31. The van der Waals surface area contributed by atoms with Crippen LogP contribution in [0, 0.1) is 0 Å². The summed E-state index contributed by atoms with van der Waals surface area (Å²) in [4.78, 5) is 0. The molecule has 0 heterocycles. The SMILES string of the molecule is Oc1ccc(OC(F)(F)F)cc1.Oc1ccc(OC(F)(F)F)cc1. The molecule has 0 saturated carbocycles. The maximum atomic E-state index is 11.6. The van der Waals surface area contributed by atoms with E-state index in [1.165, 1.54) is 0 Å². The Kier molecular flexibility index (Phi) is 6.15. The van der Waals surface area contributed by atoms with E-state index in [1.54, 1.807) is 0 Å². The average molecular weight is 356 g/mol. The first-order valence-electron chi connectivity index (χ1n) is 6.04. The van der Waals surface area contributed by atoms with E-state index in [1.807, 2.05) is 0 Å². The third-order valence-electron chi connectivity index (χ3n) is 2.14. The van der Waals surface area contributed by atoms with Crippen LogP contribution in [0.3, 0.4) is 0 Å². The topological polar surface area (TPSA) is 58.9 Å². The van der Waals surface area contributed by atoms with Crippen LogP contribution < -0.4 is 9.47 Å².